The molecule has 0 aliphatic heterocycles. The highest BCUT2D eigenvalue weighted by molar-refractivity contribution is 7.15. The van der Waals surface area contributed by atoms with Crippen LogP contribution in [-0.4, -0.2) is 20.5 Å². The number of benzene rings is 1. The third kappa shape index (κ3) is 3.14. The molecule has 1 N–H and O–H groups in total. The highest BCUT2D eigenvalue weighted by atomic mass is 32.1. The Balaban J connectivity index is 1.67. The van der Waals surface area contributed by atoms with Crippen LogP contribution in [0, 0.1) is 13.8 Å². The van der Waals surface area contributed by atoms with E-state index in [1.165, 1.54) is 0 Å². The van der Waals surface area contributed by atoms with Gasteiger partial charge in [0.25, 0.3) is 5.56 Å². The molecular formula is C21H19N3O3S. The van der Waals surface area contributed by atoms with Crippen molar-refractivity contribution in [2.75, 3.05) is 0 Å². The molecule has 0 amide bonds. The largest absolute Gasteiger partial charge is 0.451 e. The monoisotopic (exact) mass is 393 g/mol. The van der Waals surface area contributed by atoms with Gasteiger partial charge in [-0.2, -0.15) is 0 Å². The molecule has 142 valence electrons. The average Bonchev–Trinajstić information content (AvgIpc) is 3.30. The van der Waals surface area contributed by atoms with Gasteiger partial charge in [0.1, 0.15) is 5.00 Å². The number of nitrogens with zero attached hydrogens (tertiary/aromatic N) is 2. The van der Waals surface area contributed by atoms with Gasteiger partial charge in [-0.05, 0) is 50.6 Å². The number of fused-ring (bicyclic) bond motifs is 1. The molecule has 7 heteroatoms. The maximum absolute atomic E-state index is 13.0. The summed E-state index contributed by atoms with van der Waals surface area (Å²) in [7, 11) is 0. The minimum absolute atomic E-state index is 0.251. The Kier molecular flexibility index (Phi) is 4.60. The molecule has 28 heavy (non-hydrogen) atoms. The number of aromatic nitrogens is 3. The summed E-state index contributed by atoms with van der Waals surface area (Å²) in [5.41, 5.74) is 1.75. The minimum atomic E-state index is -0.693. The lowest BCUT2D eigenvalue weighted by Gasteiger charge is -2.14. The number of aromatic amines is 1. The summed E-state index contributed by atoms with van der Waals surface area (Å²) < 4.78 is 7.59. The van der Waals surface area contributed by atoms with Crippen molar-refractivity contribution >= 4 is 28.2 Å². The van der Waals surface area contributed by atoms with E-state index in [0.29, 0.717) is 22.3 Å². The van der Waals surface area contributed by atoms with Gasteiger partial charge in [-0.15, -0.1) is 11.3 Å². The summed E-state index contributed by atoms with van der Waals surface area (Å²) in [6.45, 7) is 5.60. The fraction of sp³-hybridized carbons (Fsp3) is 0.190. The number of carbonyl (C=O) groups excluding carboxylic acids is 1. The molecule has 4 aromatic rings. The molecule has 0 unspecified atom stereocenters. The number of rotatable bonds is 4. The highest BCUT2D eigenvalue weighted by Gasteiger charge is 2.24. The first-order chi connectivity index (χ1) is 13.5. The van der Waals surface area contributed by atoms with Gasteiger partial charge < -0.3 is 14.3 Å². The molecule has 4 rings (SSSR count). The van der Waals surface area contributed by atoms with Gasteiger partial charge in [-0.1, -0.05) is 12.1 Å². The van der Waals surface area contributed by atoms with Crippen molar-refractivity contribution in [3.63, 3.8) is 0 Å². The lowest BCUT2D eigenvalue weighted by molar-refractivity contribution is 0.0320. The fourth-order valence-electron chi connectivity index (χ4n) is 3.07. The van der Waals surface area contributed by atoms with E-state index < -0.39 is 12.1 Å². The number of nitrogens with one attached hydrogen (secondary N) is 1. The van der Waals surface area contributed by atoms with E-state index in [1.807, 2.05) is 49.0 Å². The molecular weight excluding hydrogens is 374 g/mol. The third-order valence-corrected chi connectivity index (χ3v) is 5.93. The van der Waals surface area contributed by atoms with E-state index in [4.69, 9.17) is 4.74 Å². The third-order valence-electron chi connectivity index (χ3n) is 4.71. The Bertz CT molecular complexity index is 1220. The lowest BCUT2D eigenvalue weighted by atomic mass is 10.1. The maximum atomic E-state index is 13.0. The number of ether oxygens (including phenoxy) is 1. The molecule has 0 saturated carbocycles. The van der Waals surface area contributed by atoms with Crippen molar-refractivity contribution in [1.82, 2.24) is 14.5 Å². The first kappa shape index (κ1) is 18.2. The Labute approximate surface area is 165 Å². The zero-order valence-corrected chi connectivity index (χ0v) is 16.5. The van der Waals surface area contributed by atoms with Crippen LogP contribution in [0.3, 0.4) is 0 Å². The topological polar surface area (TPSA) is 77.0 Å². The normalized spacial score (nSPS) is 12.2. The number of H-pyrrole nitrogens is 1. The van der Waals surface area contributed by atoms with Crippen molar-refractivity contribution in [2.45, 2.75) is 26.9 Å². The molecule has 3 heterocycles. The lowest BCUT2D eigenvalue weighted by Crippen LogP contribution is -2.18. The SMILES string of the molecule is Cc1sc(-n2cccc2)c(C(=O)O[C@@H](C)c2nc3ccccc3c(=O)[nH]2)c1C. The molecule has 1 atom stereocenters. The molecule has 0 fully saturated rings. The van der Waals surface area contributed by atoms with Crippen LogP contribution in [0.2, 0.25) is 0 Å². The summed E-state index contributed by atoms with van der Waals surface area (Å²) in [4.78, 5) is 33.5. The van der Waals surface area contributed by atoms with E-state index in [-0.39, 0.29) is 5.56 Å². The number of esters is 1. The van der Waals surface area contributed by atoms with Gasteiger partial charge in [-0.25, -0.2) is 9.78 Å². The number of carbonyl (C=O) groups is 1. The highest BCUT2D eigenvalue weighted by Crippen LogP contribution is 2.32. The second-order valence-electron chi connectivity index (χ2n) is 6.57. The molecule has 0 radical (unpaired) electrons. The van der Waals surface area contributed by atoms with E-state index in [1.54, 1.807) is 36.5 Å². The molecule has 0 bridgehead atoms. The van der Waals surface area contributed by atoms with Crippen LogP contribution in [0.5, 0.6) is 0 Å². The van der Waals surface area contributed by atoms with Crippen molar-refractivity contribution in [3.8, 4) is 5.00 Å². The zero-order chi connectivity index (χ0) is 19.8. The molecule has 0 saturated heterocycles. The Morgan fingerprint density at radius 2 is 1.89 bits per heavy atom. The molecule has 1 aromatic carbocycles. The molecule has 0 aliphatic carbocycles. The second kappa shape index (κ2) is 7.09. The summed E-state index contributed by atoms with van der Waals surface area (Å²) in [6.07, 6.45) is 3.10. The van der Waals surface area contributed by atoms with Crippen molar-refractivity contribution in [1.29, 1.82) is 0 Å². The van der Waals surface area contributed by atoms with Crippen LogP contribution in [0.15, 0.2) is 53.6 Å². The van der Waals surface area contributed by atoms with Crippen molar-refractivity contribution in [2.24, 2.45) is 0 Å². The molecule has 6 nitrogen and oxygen atoms in total. The van der Waals surface area contributed by atoms with Crippen LogP contribution < -0.4 is 5.56 Å². The number of aryl methyl sites for hydroxylation is 1. The van der Waals surface area contributed by atoms with Crippen LogP contribution in [0.25, 0.3) is 15.9 Å². The zero-order valence-electron chi connectivity index (χ0n) is 15.7. The van der Waals surface area contributed by atoms with Gasteiger partial charge in [-0.3, -0.25) is 4.79 Å². The predicted molar refractivity (Wildman–Crippen MR) is 109 cm³/mol. The van der Waals surface area contributed by atoms with Gasteiger partial charge in [0.15, 0.2) is 11.9 Å². The first-order valence-electron chi connectivity index (χ1n) is 8.89. The molecule has 0 aliphatic rings. The minimum Gasteiger partial charge on any atom is -0.451 e. The van der Waals surface area contributed by atoms with Gasteiger partial charge >= 0.3 is 5.97 Å². The van der Waals surface area contributed by atoms with Crippen molar-refractivity contribution in [3.05, 3.63) is 81.0 Å². The Morgan fingerprint density at radius 1 is 1.18 bits per heavy atom. The van der Waals surface area contributed by atoms with Gasteiger partial charge in [0, 0.05) is 17.3 Å². The second-order valence-corrected chi connectivity index (χ2v) is 7.77. The maximum Gasteiger partial charge on any atom is 0.342 e. The van der Waals surface area contributed by atoms with Gasteiger partial charge in [0.2, 0.25) is 0 Å². The first-order valence-corrected chi connectivity index (χ1v) is 9.70. The summed E-state index contributed by atoms with van der Waals surface area (Å²) in [5, 5.41) is 1.32. The van der Waals surface area contributed by atoms with Crippen molar-refractivity contribution < 1.29 is 9.53 Å². The smallest absolute Gasteiger partial charge is 0.342 e. The summed E-state index contributed by atoms with van der Waals surface area (Å²) in [6, 6.07) is 10.9. The van der Waals surface area contributed by atoms with E-state index in [9.17, 15) is 9.59 Å². The quantitative estimate of drug-likeness (QED) is 0.524. The molecule has 3 aromatic heterocycles. The standard InChI is InChI=1S/C21H19N3O3S/c1-12-14(3)28-20(24-10-6-7-11-24)17(12)21(26)27-13(2)18-22-16-9-5-4-8-15(16)19(25)23-18/h4-11,13H,1-3H3,(H,22,23,25)/t13-/m0/s1. The number of hydrogen-bond donors (Lipinski definition) is 1. The van der Waals surface area contributed by atoms with E-state index in [2.05, 4.69) is 9.97 Å². The Hall–Kier alpha value is -3.19. The Morgan fingerprint density at radius 3 is 2.64 bits per heavy atom. The van der Waals surface area contributed by atoms with Crippen LogP contribution in [0.4, 0.5) is 0 Å². The number of para-hydroxylation sites is 1. The average molecular weight is 393 g/mol. The van der Waals surface area contributed by atoms with E-state index >= 15 is 0 Å². The van der Waals surface area contributed by atoms with Crippen LogP contribution in [-0.2, 0) is 4.74 Å². The summed E-state index contributed by atoms with van der Waals surface area (Å²) in [5.74, 6) is -0.113. The number of hydrogen-bond acceptors (Lipinski definition) is 5. The number of thiophene rings is 1. The predicted octanol–water partition coefficient (Wildman–Crippen LogP) is 4.31. The fourth-order valence-corrected chi connectivity index (χ4v) is 4.18. The van der Waals surface area contributed by atoms with Crippen LogP contribution in [0.1, 0.15) is 39.7 Å². The molecule has 0 spiro atoms. The van der Waals surface area contributed by atoms with Gasteiger partial charge in [0.05, 0.1) is 16.5 Å². The summed E-state index contributed by atoms with van der Waals surface area (Å²) >= 11 is 1.54. The van der Waals surface area contributed by atoms with Crippen LogP contribution >= 0.6 is 11.3 Å². The van der Waals surface area contributed by atoms with E-state index in [0.717, 1.165) is 15.4 Å².